The van der Waals surface area contributed by atoms with Gasteiger partial charge < -0.3 is 10.0 Å². The summed E-state index contributed by atoms with van der Waals surface area (Å²) in [6, 6.07) is 1.56. The Morgan fingerprint density at radius 3 is 2.50 bits per heavy atom. The second-order valence-corrected chi connectivity index (χ2v) is 6.46. The van der Waals surface area contributed by atoms with Gasteiger partial charge >= 0.3 is 12.1 Å². The van der Waals surface area contributed by atoms with E-state index in [1.807, 2.05) is 0 Å². The number of aliphatic carboxylic acids is 1. The van der Waals surface area contributed by atoms with Crippen LogP contribution in [0.1, 0.15) is 48.6 Å². The summed E-state index contributed by atoms with van der Waals surface area (Å²) in [5.74, 6) is -2.53. The number of halogens is 3. The van der Waals surface area contributed by atoms with Crippen LogP contribution in [0.5, 0.6) is 0 Å². The van der Waals surface area contributed by atoms with Crippen LogP contribution >= 0.6 is 0 Å². The van der Waals surface area contributed by atoms with Gasteiger partial charge in [0, 0.05) is 19.3 Å². The Hall–Kier alpha value is -2.06. The third-order valence-corrected chi connectivity index (χ3v) is 5.07. The lowest BCUT2D eigenvalue weighted by molar-refractivity contribution is -0.227. The predicted octanol–water partition coefficient (Wildman–Crippen LogP) is 2.48. The molecule has 9 heteroatoms. The van der Waals surface area contributed by atoms with E-state index >= 15 is 0 Å². The van der Waals surface area contributed by atoms with E-state index in [1.165, 1.54) is 12.3 Å². The van der Waals surface area contributed by atoms with Crippen molar-refractivity contribution in [1.29, 1.82) is 0 Å². The number of carboxylic acid groups (broad SMARTS) is 1. The molecule has 0 aromatic carbocycles. The van der Waals surface area contributed by atoms with Gasteiger partial charge in [-0.3, -0.25) is 14.3 Å². The highest BCUT2D eigenvalue weighted by Crippen LogP contribution is 2.46. The van der Waals surface area contributed by atoms with Crippen LogP contribution in [0.2, 0.25) is 0 Å². The Morgan fingerprint density at radius 2 is 1.96 bits per heavy atom. The van der Waals surface area contributed by atoms with E-state index in [0.717, 1.165) is 30.6 Å². The zero-order chi connectivity index (χ0) is 17.5. The van der Waals surface area contributed by atoms with Gasteiger partial charge in [-0.25, -0.2) is 0 Å². The standard InChI is InChI=1S/C15H18F3N3O3/c16-15(17,18)14(13(23)24)6-8-20(9-14)12(22)11-5-7-19-21(11)10-3-1-2-4-10/h5,7,10H,1-4,6,8-9H2,(H,23,24)/t14-/m0/s1. The van der Waals surface area contributed by atoms with Crippen LogP contribution < -0.4 is 0 Å². The molecule has 1 amide bonds. The Bertz CT molecular complexity index is 652. The van der Waals surface area contributed by atoms with Gasteiger partial charge in [0.25, 0.3) is 5.91 Å². The number of nitrogens with zero attached hydrogens (tertiary/aromatic N) is 3. The quantitative estimate of drug-likeness (QED) is 0.913. The largest absolute Gasteiger partial charge is 0.481 e. The zero-order valence-electron chi connectivity index (χ0n) is 12.9. The highest BCUT2D eigenvalue weighted by atomic mass is 19.4. The van der Waals surface area contributed by atoms with Gasteiger partial charge in [0.15, 0.2) is 5.41 Å². The summed E-state index contributed by atoms with van der Waals surface area (Å²) in [7, 11) is 0. The summed E-state index contributed by atoms with van der Waals surface area (Å²) >= 11 is 0. The third kappa shape index (κ3) is 2.55. The number of carboxylic acids is 1. The average molecular weight is 345 g/mol. The lowest BCUT2D eigenvalue weighted by atomic mass is 9.86. The lowest BCUT2D eigenvalue weighted by Gasteiger charge is -2.27. The molecule has 2 heterocycles. The van der Waals surface area contributed by atoms with Crippen molar-refractivity contribution in [2.45, 2.75) is 44.3 Å². The van der Waals surface area contributed by atoms with Crippen LogP contribution in [0.3, 0.4) is 0 Å². The van der Waals surface area contributed by atoms with Crippen LogP contribution in [-0.2, 0) is 4.79 Å². The molecule has 1 aliphatic carbocycles. The Balaban J connectivity index is 1.83. The average Bonchev–Trinajstić information content (AvgIpc) is 3.24. The van der Waals surface area contributed by atoms with Crippen molar-refractivity contribution in [1.82, 2.24) is 14.7 Å². The third-order valence-electron chi connectivity index (χ3n) is 5.07. The number of aromatic nitrogens is 2. The van der Waals surface area contributed by atoms with Crippen molar-refractivity contribution < 1.29 is 27.9 Å². The van der Waals surface area contributed by atoms with Crippen molar-refractivity contribution in [3.8, 4) is 0 Å². The maximum atomic E-state index is 13.2. The highest BCUT2D eigenvalue weighted by molar-refractivity contribution is 5.93. The summed E-state index contributed by atoms with van der Waals surface area (Å²) in [5.41, 5.74) is -2.66. The summed E-state index contributed by atoms with van der Waals surface area (Å²) in [6.45, 7) is -1.10. The van der Waals surface area contributed by atoms with Crippen LogP contribution in [0.25, 0.3) is 0 Å². The van der Waals surface area contributed by atoms with E-state index in [9.17, 15) is 22.8 Å². The molecule has 2 fully saturated rings. The van der Waals surface area contributed by atoms with E-state index in [1.54, 1.807) is 4.68 Å². The van der Waals surface area contributed by atoms with E-state index < -0.39 is 36.4 Å². The highest BCUT2D eigenvalue weighted by Gasteiger charge is 2.64. The van der Waals surface area contributed by atoms with Crippen molar-refractivity contribution in [2.75, 3.05) is 13.1 Å². The molecule has 1 aromatic rings. The molecule has 1 N–H and O–H groups in total. The van der Waals surface area contributed by atoms with Crippen LogP contribution in [-0.4, -0.2) is 50.9 Å². The van der Waals surface area contributed by atoms with Crippen LogP contribution in [0.15, 0.2) is 12.3 Å². The van der Waals surface area contributed by atoms with Gasteiger partial charge in [-0.1, -0.05) is 12.8 Å². The van der Waals surface area contributed by atoms with Crippen molar-refractivity contribution >= 4 is 11.9 Å². The first kappa shape index (κ1) is 16.8. The maximum Gasteiger partial charge on any atom is 0.406 e. The molecule has 1 saturated carbocycles. The second kappa shape index (κ2) is 5.78. The van der Waals surface area contributed by atoms with Crippen LogP contribution in [0, 0.1) is 5.41 Å². The number of hydrogen-bond donors (Lipinski definition) is 1. The van der Waals surface area contributed by atoms with E-state index in [0.29, 0.717) is 0 Å². The molecule has 132 valence electrons. The molecule has 1 atom stereocenters. The van der Waals surface area contributed by atoms with Crippen molar-refractivity contribution in [2.24, 2.45) is 5.41 Å². The summed E-state index contributed by atoms with van der Waals surface area (Å²) in [5, 5.41) is 13.2. The Morgan fingerprint density at radius 1 is 1.29 bits per heavy atom. The molecular formula is C15H18F3N3O3. The molecule has 0 spiro atoms. The first-order valence-corrected chi connectivity index (χ1v) is 7.89. The van der Waals surface area contributed by atoms with Crippen molar-refractivity contribution in [3.05, 3.63) is 18.0 Å². The minimum Gasteiger partial charge on any atom is -0.481 e. The van der Waals surface area contributed by atoms with Crippen LogP contribution in [0.4, 0.5) is 13.2 Å². The number of hydrogen-bond acceptors (Lipinski definition) is 3. The molecule has 2 aliphatic rings. The number of likely N-dealkylation sites (tertiary alicyclic amines) is 1. The van der Waals surface area contributed by atoms with E-state index in [-0.39, 0.29) is 18.3 Å². The number of carbonyl (C=O) groups is 2. The normalized spacial score (nSPS) is 25.4. The second-order valence-electron chi connectivity index (χ2n) is 6.46. The molecule has 3 rings (SSSR count). The molecule has 0 radical (unpaired) electrons. The van der Waals surface area contributed by atoms with Gasteiger partial charge in [0.1, 0.15) is 5.69 Å². The Kier molecular flexibility index (Phi) is 4.05. The number of rotatable bonds is 3. The molecular weight excluding hydrogens is 327 g/mol. The fraction of sp³-hybridized carbons (Fsp3) is 0.667. The molecule has 24 heavy (non-hydrogen) atoms. The summed E-state index contributed by atoms with van der Waals surface area (Å²) in [6.07, 6.45) is -0.270. The smallest absolute Gasteiger partial charge is 0.406 e. The number of amides is 1. The molecule has 0 unspecified atom stereocenters. The summed E-state index contributed by atoms with van der Waals surface area (Å²) < 4.78 is 41.3. The Labute approximate surface area is 136 Å². The van der Waals surface area contributed by atoms with Gasteiger partial charge in [-0.2, -0.15) is 18.3 Å². The molecule has 1 saturated heterocycles. The van der Waals surface area contributed by atoms with Gasteiger partial charge in [-0.15, -0.1) is 0 Å². The first-order chi connectivity index (χ1) is 11.3. The SMILES string of the molecule is O=C(c1ccnn1C1CCCC1)N1CC[C@](C(=O)O)(C(F)(F)F)C1. The zero-order valence-corrected chi connectivity index (χ0v) is 12.9. The fourth-order valence-corrected chi connectivity index (χ4v) is 3.60. The molecule has 1 aromatic heterocycles. The van der Waals surface area contributed by atoms with Gasteiger partial charge in [-0.05, 0) is 25.3 Å². The number of alkyl halides is 3. The van der Waals surface area contributed by atoms with Gasteiger partial charge in [0.05, 0.1) is 6.04 Å². The van der Waals surface area contributed by atoms with E-state index in [4.69, 9.17) is 5.11 Å². The molecule has 0 bridgehead atoms. The monoisotopic (exact) mass is 345 g/mol. The van der Waals surface area contributed by atoms with Crippen molar-refractivity contribution in [3.63, 3.8) is 0 Å². The lowest BCUT2D eigenvalue weighted by Crippen LogP contribution is -2.47. The minimum atomic E-state index is -4.90. The molecule has 1 aliphatic heterocycles. The van der Waals surface area contributed by atoms with E-state index in [2.05, 4.69) is 5.10 Å². The maximum absolute atomic E-state index is 13.2. The molecule has 6 nitrogen and oxygen atoms in total. The predicted molar refractivity (Wildman–Crippen MR) is 76.4 cm³/mol. The summed E-state index contributed by atoms with van der Waals surface area (Å²) in [4.78, 5) is 24.8. The van der Waals surface area contributed by atoms with Gasteiger partial charge in [0.2, 0.25) is 0 Å². The first-order valence-electron chi connectivity index (χ1n) is 7.89. The fourth-order valence-electron chi connectivity index (χ4n) is 3.60. The number of carbonyl (C=O) groups excluding carboxylic acids is 1. The topological polar surface area (TPSA) is 75.4 Å². The minimum absolute atomic E-state index is 0.0772.